The van der Waals surface area contributed by atoms with Crippen molar-refractivity contribution in [2.45, 2.75) is 95.9 Å². The van der Waals surface area contributed by atoms with Gasteiger partial charge in [-0.2, -0.15) is 0 Å². The van der Waals surface area contributed by atoms with Crippen LogP contribution in [0, 0.1) is 23.7 Å². The van der Waals surface area contributed by atoms with E-state index in [1.807, 2.05) is 6.92 Å². The molecule has 4 aliphatic heterocycles. The van der Waals surface area contributed by atoms with E-state index >= 15 is 0 Å². The summed E-state index contributed by atoms with van der Waals surface area (Å²) in [6.45, 7) is 6.52. The van der Waals surface area contributed by atoms with Crippen molar-refractivity contribution >= 4 is 5.97 Å². The van der Waals surface area contributed by atoms with E-state index in [4.69, 9.17) is 24.4 Å². The summed E-state index contributed by atoms with van der Waals surface area (Å²) in [5.74, 6) is 0.213. The van der Waals surface area contributed by atoms with E-state index < -0.39 is 17.4 Å². The van der Waals surface area contributed by atoms with Gasteiger partial charge in [0, 0.05) is 18.8 Å². The number of hydrogen-bond acceptors (Lipinski definition) is 5. The van der Waals surface area contributed by atoms with Gasteiger partial charge in [-0.3, -0.25) is 4.79 Å². The summed E-state index contributed by atoms with van der Waals surface area (Å²) in [6, 6.07) is 0. The normalized spacial score (nSPS) is 50.1. The second kappa shape index (κ2) is 6.73. The zero-order chi connectivity index (χ0) is 18.5. The number of aliphatic carboxylic acids is 1. The number of carboxylic acids is 1. The van der Waals surface area contributed by atoms with Gasteiger partial charge in [0.15, 0.2) is 11.9 Å². The summed E-state index contributed by atoms with van der Waals surface area (Å²) in [7, 11) is 0. The Balaban J connectivity index is 1.55. The van der Waals surface area contributed by atoms with Crippen LogP contribution in [-0.4, -0.2) is 34.9 Å². The molecular formula is C20H32O6. The smallest absolute Gasteiger partial charge is 0.303 e. The molecule has 1 N–H and O–H groups in total. The molecule has 0 amide bonds. The fraction of sp³-hybridized carbons (Fsp3) is 0.950. The van der Waals surface area contributed by atoms with Gasteiger partial charge in [-0.1, -0.05) is 20.3 Å². The number of unbranched alkanes of at least 4 members (excludes halogenated alkanes) is 1. The van der Waals surface area contributed by atoms with E-state index in [-0.39, 0.29) is 18.8 Å². The van der Waals surface area contributed by atoms with E-state index in [0.717, 1.165) is 32.1 Å². The molecule has 0 aromatic heterocycles. The highest BCUT2D eigenvalue weighted by Crippen LogP contribution is 2.60. The van der Waals surface area contributed by atoms with Crippen LogP contribution in [0.1, 0.15) is 72.1 Å². The summed E-state index contributed by atoms with van der Waals surface area (Å²) in [5.41, 5.74) is -0.495. The van der Waals surface area contributed by atoms with Crippen molar-refractivity contribution < 1.29 is 29.1 Å². The minimum Gasteiger partial charge on any atom is -0.481 e. The average Bonchev–Trinajstić information content (AvgIpc) is 2.82. The monoisotopic (exact) mass is 368 g/mol. The van der Waals surface area contributed by atoms with Crippen molar-refractivity contribution in [1.82, 2.24) is 0 Å². The van der Waals surface area contributed by atoms with E-state index in [0.29, 0.717) is 30.1 Å². The number of ether oxygens (including phenoxy) is 2. The van der Waals surface area contributed by atoms with Crippen molar-refractivity contribution in [3.05, 3.63) is 0 Å². The van der Waals surface area contributed by atoms with Crippen LogP contribution in [0.3, 0.4) is 0 Å². The molecule has 8 atom stereocenters. The zero-order valence-corrected chi connectivity index (χ0v) is 16.1. The molecule has 1 aliphatic carbocycles. The SMILES string of the molecule is C[C@H]1[C@H](CCCCC(=O)O)O[C@@H]2O[C@@]3(C)CC[C@H]4[C@H](C)CC[C@@H]1[C@@]24OO3. The minimum atomic E-state index is -0.730. The lowest BCUT2D eigenvalue weighted by Crippen LogP contribution is -2.70. The number of carbonyl (C=O) groups is 1. The summed E-state index contributed by atoms with van der Waals surface area (Å²) >= 11 is 0. The first-order chi connectivity index (χ1) is 12.4. The van der Waals surface area contributed by atoms with Crippen LogP contribution in [0.25, 0.3) is 0 Å². The Labute approximate surface area is 155 Å². The lowest BCUT2D eigenvalue weighted by molar-refractivity contribution is -0.571. The molecular weight excluding hydrogens is 336 g/mol. The third-order valence-corrected chi connectivity index (χ3v) is 7.42. The highest BCUT2D eigenvalue weighted by atomic mass is 17.3. The van der Waals surface area contributed by atoms with Crippen LogP contribution in [0.4, 0.5) is 0 Å². The Hall–Kier alpha value is -0.690. The van der Waals surface area contributed by atoms with Crippen LogP contribution in [0.2, 0.25) is 0 Å². The molecule has 1 saturated carbocycles. The maximum absolute atomic E-state index is 10.8. The van der Waals surface area contributed by atoms with Gasteiger partial charge in [0.25, 0.3) is 0 Å². The molecule has 26 heavy (non-hydrogen) atoms. The third kappa shape index (κ3) is 2.89. The van der Waals surface area contributed by atoms with Crippen molar-refractivity contribution in [2.24, 2.45) is 23.7 Å². The topological polar surface area (TPSA) is 74.2 Å². The van der Waals surface area contributed by atoms with Gasteiger partial charge in [0.2, 0.25) is 5.79 Å². The zero-order valence-electron chi connectivity index (χ0n) is 16.1. The van der Waals surface area contributed by atoms with Crippen LogP contribution in [-0.2, 0) is 24.0 Å². The number of hydrogen-bond donors (Lipinski definition) is 1. The molecule has 5 aliphatic rings. The van der Waals surface area contributed by atoms with Gasteiger partial charge in [0.1, 0.15) is 0 Å². The molecule has 0 unspecified atom stereocenters. The number of carboxylic acid groups (broad SMARTS) is 1. The van der Waals surface area contributed by atoms with Crippen molar-refractivity contribution in [2.75, 3.05) is 0 Å². The van der Waals surface area contributed by atoms with Gasteiger partial charge in [-0.25, -0.2) is 9.78 Å². The largest absolute Gasteiger partial charge is 0.481 e. The van der Waals surface area contributed by atoms with Gasteiger partial charge in [-0.05, 0) is 56.8 Å². The predicted molar refractivity (Wildman–Crippen MR) is 92.9 cm³/mol. The molecule has 2 bridgehead atoms. The molecule has 1 spiro atoms. The average molecular weight is 368 g/mol. The van der Waals surface area contributed by atoms with E-state index in [2.05, 4.69) is 13.8 Å². The minimum absolute atomic E-state index is 0.0880. The highest BCUT2D eigenvalue weighted by Gasteiger charge is 2.69. The van der Waals surface area contributed by atoms with Crippen LogP contribution in [0.5, 0.6) is 0 Å². The Morgan fingerprint density at radius 3 is 2.69 bits per heavy atom. The fourth-order valence-electron chi connectivity index (χ4n) is 5.93. The predicted octanol–water partition coefficient (Wildman–Crippen LogP) is 3.88. The molecule has 6 heteroatoms. The summed E-state index contributed by atoms with van der Waals surface area (Å²) < 4.78 is 12.8. The second-order valence-electron chi connectivity index (χ2n) is 9.08. The highest BCUT2D eigenvalue weighted by molar-refractivity contribution is 5.66. The molecule has 148 valence electrons. The van der Waals surface area contributed by atoms with Crippen molar-refractivity contribution in [3.63, 3.8) is 0 Å². The lowest BCUT2D eigenvalue weighted by Gasteiger charge is -2.60. The number of fused-ring (bicyclic) bond motifs is 2. The summed E-state index contributed by atoms with van der Waals surface area (Å²) in [4.78, 5) is 22.7. The van der Waals surface area contributed by atoms with E-state index in [9.17, 15) is 4.79 Å². The first-order valence-corrected chi connectivity index (χ1v) is 10.3. The Morgan fingerprint density at radius 2 is 1.92 bits per heavy atom. The van der Waals surface area contributed by atoms with Crippen LogP contribution < -0.4 is 0 Å². The van der Waals surface area contributed by atoms with Gasteiger partial charge in [-0.15, -0.1) is 0 Å². The molecule has 4 heterocycles. The molecule has 0 aromatic rings. The van der Waals surface area contributed by atoms with E-state index in [1.54, 1.807) is 0 Å². The summed E-state index contributed by atoms with van der Waals surface area (Å²) in [6.07, 6.45) is 6.54. The number of rotatable bonds is 5. The molecule has 5 rings (SSSR count). The van der Waals surface area contributed by atoms with Crippen LogP contribution in [0.15, 0.2) is 0 Å². The second-order valence-corrected chi connectivity index (χ2v) is 9.08. The van der Waals surface area contributed by atoms with Crippen molar-refractivity contribution in [1.29, 1.82) is 0 Å². The Kier molecular flexibility index (Phi) is 4.83. The maximum Gasteiger partial charge on any atom is 0.303 e. The Morgan fingerprint density at radius 1 is 1.12 bits per heavy atom. The van der Waals surface area contributed by atoms with E-state index in [1.165, 1.54) is 6.42 Å². The molecule has 4 saturated heterocycles. The van der Waals surface area contributed by atoms with Crippen molar-refractivity contribution in [3.8, 4) is 0 Å². The summed E-state index contributed by atoms with van der Waals surface area (Å²) in [5, 5.41) is 8.85. The maximum atomic E-state index is 10.8. The van der Waals surface area contributed by atoms with Gasteiger partial charge >= 0.3 is 5.97 Å². The molecule has 5 fully saturated rings. The first kappa shape index (κ1) is 18.7. The van der Waals surface area contributed by atoms with Crippen LogP contribution >= 0.6 is 0 Å². The lowest BCUT2D eigenvalue weighted by atomic mass is 9.57. The molecule has 0 radical (unpaired) electrons. The van der Waals surface area contributed by atoms with Gasteiger partial charge in [0.05, 0.1) is 6.10 Å². The Bertz CT molecular complexity index is 552. The fourth-order valence-corrected chi connectivity index (χ4v) is 5.93. The first-order valence-electron chi connectivity index (χ1n) is 10.3. The quantitative estimate of drug-likeness (QED) is 0.586. The van der Waals surface area contributed by atoms with Gasteiger partial charge < -0.3 is 14.6 Å². The molecule has 0 aromatic carbocycles. The third-order valence-electron chi connectivity index (χ3n) is 7.42. The molecule has 6 nitrogen and oxygen atoms in total. The standard InChI is InChI=1S/C20H32O6/c1-12-8-9-15-13(2)16(6-4-5-7-17(21)22)23-18-20(15)14(12)10-11-19(3,24-18)25-26-20/h12-16,18H,4-11H2,1-3H3,(H,21,22)/t12-,13-,14+,15+,16+,18-,19-,20-/m1/s1.